The Kier molecular flexibility index (Phi) is 8.42. The number of rotatable bonds is 6. The van der Waals surface area contributed by atoms with Gasteiger partial charge in [-0.2, -0.15) is 0 Å². The van der Waals surface area contributed by atoms with Gasteiger partial charge >= 0.3 is 5.97 Å². The molecule has 1 aromatic heterocycles. The quantitative estimate of drug-likeness (QED) is 0.372. The summed E-state index contributed by atoms with van der Waals surface area (Å²) >= 11 is 0. The maximum Gasteiger partial charge on any atom is 0.330 e. The van der Waals surface area contributed by atoms with Crippen LogP contribution in [0.25, 0.3) is 10.8 Å². The summed E-state index contributed by atoms with van der Waals surface area (Å²) < 4.78 is 6.37. The molecule has 3 aromatic rings. The normalized spacial score (nSPS) is 27.9. The Labute approximate surface area is 251 Å². The van der Waals surface area contributed by atoms with Gasteiger partial charge in [0.05, 0.1) is 12.6 Å². The maximum absolute atomic E-state index is 14.2. The van der Waals surface area contributed by atoms with Crippen molar-refractivity contribution in [1.82, 2.24) is 20.5 Å². The van der Waals surface area contributed by atoms with Crippen molar-refractivity contribution in [2.45, 2.75) is 75.2 Å². The van der Waals surface area contributed by atoms with Gasteiger partial charge in [0.1, 0.15) is 17.7 Å². The lowest BCUT2D eigenvalue weighted by molar-refractivity contribution is -0.145. The minimum absolute atomic E-state index is 0.169. The van der Waals surface area contributed by atoms with Crippen LogP contribution in [0.4, 0.5) is 0 Å². The van der Waals surface area contributed by atoms with Crippen LogP contribution in [-0.4, -0.2) is 63.0 Å². The number of allylic oxidation sites excluding steroid dienone is 1. The molecule has 224 valence electrons. The Bertz CT molecular complexity index is 1510. The zero-order valence-corrected chi connectivity index (χ0v) is 24.2. The summed E-state index contributed by atoms with van der Waals surface area (Å²) in [5.74, 6) is -1.49. The fourth-order valence-electron chi connectivity index (χ4n) is 6.38. The van der Waals surface area contributed by atoms with E-state index in [2.05, 4.69) is 15.6 Å². The molecule has 9 nitrogen and oxygen atoms in total. The summed E-state index contributed by atoms with van der Waals surface area (Å²) in [5.41, 5.74) is -0.276. The number of carbonyl (C=O) groups is 3. The smallest absolute Gasteiger partial charge is 0.330 e. The van der Waals surface area contributed by atoms with E-state index >= 15 is 0 Å². The highest BCUT2D eigenvalue weighted by Gasteiger charge is 2.61. The Balaban J connectivity index is 1.28. The zero-order chi connectivity index (χ0) is 29.8. The Morgan fingerprint density at radius 2 is 1.88 bits per heavy atom. The summed E-state index contributed by atoms with van der Waals surface area (Å²) in [6, 6.07) is 18.3. The average molecular weight is 583 g/mol. The van der Waals surface area contributed by atoms with Gasteiger partial charge in [0, 0.05) is 30.5 Å². The average Bonchev–Trinajstić information content (AvgIpc) is 3.55. The van der Waals surface area contributed by atoms with E-state index < -0.39 is 35.6 Å². The third-order valence-corrected chi connectivity index (χ3v) is 8.93. The van der Waals surface area contributed by atoms with Crippen molar-refractivity contribution in [3.05, 3.63) is 84.6 Å². The van der Waals surface area contributed by atoms with E-state index in [1.165, 1.54) is 0 Å². The first-order chi connectivity index (χ1) is 20.9. The van der Waals surface area contributed by atoms with Gasteiger partial charge in [0.2, 0.25) is 17.7 Å². The van der Waals surface area contributed by atoms with Gasteiger partial charge in [0.15, 0.2) is 0 Å². The van der Waals surface area contributed by atoms with Gasteiger partial charge in [-0.3, -0.25) is 9.59 Å². The number of fused-ring (bicyclic) bond motifs is 3. The Morgan fingerprint density at radius 3 is 2.72 bits per heavy atom. The highest BCUT2D eigenvalue weighted by Crippen LogP contribution is 2.45. The predicted molar refractivity (Wildman–Crippen MR) is 162 cm³/mol. The standard InChI is InChI=1S/C34H38N4O5/c39-30-29-19-26(43-31-27-15-10-9-13-24(27)17-18-35-31)22-38(29)32(40)28(36-21-23-11-5-4-6-12-23)16-8-3-1-2-7-14-25-20-34(25,37-30)33(41)42/h4-7,9-15,17-18,25-26,28-29,36H,1-3,8,16,19-22H2,(H,37,39)(H,41,42)/t25-,26-,28+,29+,34-/m1/s1. The first-order valence-corrected chi connectivity index (χ1v) is 15.2. The molecule has 6 rings (SSSR count). The molecule has 0 bridgehead atoms. The second kappa shape index (κ2) is 12.6. The summed E-state index contributed by atoms with van der Waals surface area (Å²) in [6.07, 6.45) is 9.98. The molecule has 2 aromatic carbocycles. The number of ether oxygens (including phenoxy) is 1. The predicted octanol–water partition coefficient (Wildman–Crippen LogP) is 4.22. The van der Waals surface area contributed by atoms with E-state index in [0.717, 1.165) is 42.0 Å². The second-order valence-electron chi connectivity index (χ2n) is 11.9. The van der Waals surface area contributed by atoms with E-state index in [-0.39, 0.29) is 24.8 Å². The molecule has 3 aliphatic rings. The summed E-state index contributed by atoms with van der Waals surface area (Å²) in [4.78, 5) is 46.5. The molecule has 2 amide bonds. The molecule has 0 unspecified atom stereocenters. The third kappa shape index (κ3) is 6.27. The Morgan fingerprint density at radius 1 is 1.07 bits per heavy atom. The van der Waals surface area contributed by atoms with Crippen LogP contribution in [0.1, 0.15) is 50.5 Å². The van der Waals surface area contributed by atoms with E-state index in [1.807, 2.05) is 72.8 Å². The molecule has 3 N–H and O–H groups in total. The van der Waals surface area contributed by atoms with Gasteiger partial charge in [-0.15, -0.1) is 0 Å². The fraction of sp³-hybridized carbons (Fsp3) is 0.412. The van der Waals surface area contributed by atoms with Crippen LogP contribution in [0, 0.1) is 5.92 Å². The number of hydrogen-bond acceptors (Lipinski definition) is 6. The monoisotopic (exact) mass is 582 g/mol. The number of nitrogens with one attached hydrogen (secondary N) is 2. The van der Waals surface area contributed by atoms with E-state index in [1.54, 1.807) is 11.1 Å². The number of carbonyl (C=O) groups excluding carboxylic acids is 2. The van der Waals surface area contributed by atoms with Crippen molar-refractivity contribution in [1.29, 1.82) is 0 Å². The van der Waals surface area contributed by atoms with Crippen molar-refractivity contribution in [2.24, 2.45) is 5.92 Å². The molecule has 1 saturated carbocycles. The minimum atomic E-state index is -1.34. The highest BCUT2D eigenvalue weighted by molar-refractivity contribution is 5.95. The van der Waals surface area contributed by atoms with Gasteiger partial charge in [-0.05, 0) is 48.8 Å². The second-order valence-corrected chi connectivity index (χ2v) is 11.9. The van der Waals surface area contributed by atoms with Gasteiger partial charge in [-0.25, -0.2) is 9.78 Å². The molecule has 2 aliphatic heterocycles. The number of pyridine rings is 1. The molecule has 1 aliphatic carbocycles. The molecule has 1 saturated heterocycles. The third-order valence-electron chi connectivity index (χ3n) is 8.93. The highest BCUT2D eigenvalue weighted by atomic mass is 16.5. The lowest BCUT2D eigenvalue weighted by Gasteiger charge is -2.29. The molecular weight excluding hydrogens is 544 g/mol. The zero-order valence-electron chi connectivity index (χ0n) is 24.2. The topological polar surface area (TPSA) is 121 Å². The SMILES string of the molecule is O=C1N[C@]2(C(=O)O)C[C@H]2C=CCCCCC[C@H](NCc2ccccc2)C(=O)N2C[C@H](Oc3nccc4ccccc34)C[C@@H]12. The van der Waals surface area contributed by atoms with Gasteiger partial charge in [-0.1, -0.05) is 73.5 Å². The lowest BCUT2D eigenvalue weighted by Crippen LogP contribution is -2.55. The van der Waals surface area contributed by atoms with Crippen molar-refractivity contribution in [3.8, 4) is 5.88 Å². The van der Waals surface area contributed by atoms with Crippen molar-refractivity contribution in [3.63, 3.8) is 0 Å². The summed E-state index contributed by atoms with van der Waals surface area (Å²) in [6.45, 7) is 0.725. The van der Waals surface area contributed by atoms with Crippen LogP contribution in [0.15, 0.2) is 79.0 Å². The van der Waals surface area contributed by atoms with Gasteiger partial charge in [0.25, 0.3) is 0 Å². The first-order valence-electron chi connectivity index (χ1n) is 15.2. The van der Waals surface area contributed by atoms with E-state index in [4.69, 9.17) is 4.74 Å². The number of carboxylic acids is 1. The molecule has 3 heterocycles. The number of aliphatic carboxylic acids is 1. The van der Waals surface area contributed by atoms with E-state index in [0.29, 0.717) is 25.3 Å². The molecule has 43 heavy (non-hydrogen) atoms. The fourth-order valence-corrected chi connectivity index (χ4v) is 6.38. The van der Waals surface area contributed by atoms with Crippen LogP contribution >= 0.6 is 0 Å². The Hall–Kier alpha value is -4.24. The number of nitrogens with zero attached hydrogens (tertiary/aromatic N) is 2. The number of hydrogen-bond donors (Lipinski definition) is 3. The van der Waals surface area contributed by atoms with Crippen LogP contribution < -0.4 is 15.4 Å². The first kappa shape index (κ1) is 28.9. The van der Waals surface area contributed by atoms with Crippen molar-refractivity contribution < 1.29 is 24.2 Å². The van der Waals surface area contributed by atoms with Crippen LogP contribution in [0.5, 0.6) is 5.88 Å². The number of aromatic nitrogens is 1. The molecule has 0 radical (unpaired) electrons. The summed E-state index contributed by atoms with van der Waals surface area (Å²) in [7, 11) is 0. The van der Waals surface area contributed by atoms with Crippen LogP contribution in [0.3, 0.4) is 0 Å². The van der Waals surface area contributed by atoms with Crippen LogP contribution in [0.2, 0.25) is 0 Å². The van der Waals surface area contributed by atoms with Crippen LogP contribution in [-0.2, 0) is 20.9 Å². The van der Waals surface area contributed by atoms with Crippen molar-refractivity contribution in [2.75, 3.05) is 6.54 Å². The molecular formula is C34H38N4O5. The number of amides is 2. The minimum Gasteiger partial charge on any atom is -0.479 e. The number of benzene rings is 2. The summed E-state index contributed by atoms with van der Waals surface area (Å²) in [5, 5.41) is 18.2. The van der Waals surface area contributed by atoms with Crippen molar-refractivity contribution >= 4 is 28.6 Å². The molecule has 9 heteroatoms. The van der Waals surface area contributed by atoms with E-state index in [9.17, 15) is 19.5 Å². The number of carboxylic acid groups (broad SMARTS) is 1. The van der Waals surface area contributed by atoms with Gasteiger partial charge < -0.3 is 25.4 Å². The molecule has 2 fully saturated rings. The lowest BCUT2D eigenvalue weighted by atomic mass is 10.0. The molecule has 5 atom stereocenters. The molecule has 0 spiro atoms. The largest absolute Gasteiger partial charge is 0.479 e. The maximum atomic E-state index is 14.2.